The lowest BCUT2D eigenvalue weighted by Crippen LogP contribution is -2.15. The van der Waals surface area contributed by atoms with Crippen molar-refractivity contribution in [2.75, 3.05) is 14.7 Å². The van der Waals surface area contributed by atoms with Crippen LogP contribution in [0.15, 0.2) is 473 Å². The van der Waals surface area contributed by atoms with Crippen molar-refractivity contribution in [2.24, 2.45) is 0 Å². The van der Waals surface area contributed by atoms with Gasteiger partial charge in [0.25, 0.3) is 0 Å². The van der Waals surface area contributed by atoms with E-state index in [1.165, 1.54) is 133 Å². The van der Waals surface area contributed by atoms with Crippen LogP contribution in [-0.2, 0) is 0 Å². The van der Waals surface area contributed by atoms with Gasteiger partial charge in [-0.25, -0.2) is 9.97 Å². The normalized spacial score (nSPS) is 11.9. The second-order valence-electron chi connectivity index (χ2n) is 31.4. The van der Waals surface area contributed by atoms with E-state index in [9.17, 15) is 0 Å². The SMILES string of the molecule is c1ccc(-c2cccc(-c3cccc(N4c5ccccc5-c5cc(-c6ccccc6)cc6nccc4c56)c3)c2)cc1.c1ccc(-c2cccc(-c3cccc(N4c5ccccc5-c5cc(-c6ccccc6)nc6cccc4c56)c3)c2)cc1.c1ccc(-c2cccc(-c3cccc(N4c5ccccc5-c5nc(-c6ccccc6)cc6cccc4c56)c3)c2)cc1. The third-order valence-corrected chi connectivity index (χ3v) is 23.9. The Labute approximate surface area is 715 Å². The van der Waals surface area contributed by atoms with Crippen molar-refractivity contribution in [3.05, 3.63) is 473 Å². The number of fused-ring (bicyclic) bond motifs is 6. The summed E-state index contributed by atoms with van der Waals surface area (Å²) in [6.45, 7) is 0. The molecule has 0 bridgehead atoms. The fraction of sp³-hybridized carbons (Fsp3) is 0. The van der Waals surface area contributed by atoms with E-state index in [-0.39, 0.29) is 0 Å². The van der Waals surface area contributed by atoms with Gasteiger partial charge >= 0.3 is 0 Å². The summed E-state index contributed by atoms with van der Waals surface area (Å²) in [7, 11) is 0. The highest BCUT2D eigenvalue weighted by atomic mass is 15.2. The molecule has 576 valence electrons. The van der Waals surface area contributed by atoms with Gasteiger partial charge in [-0.3, -0.25) is 4.98 Å². The van der Waals surface area contributed by atoms with E-state index in [2.05, 4.69) is 470 Å². The first-order chi connectivity index (χ1) is 61.0. The van der Waals surface area contributed by atoms with E-state index in [0.717, 1.165) is 84.6 Å². The van der Waals surface area contributed by atoms with Crippen molar-refractivity contribution in [1.82, 2.24) is 15.0 Å². The molecule has 123 heavy (non-hydrogen) atoms. The quantitative estimate of drug-likeness (QED) is 0.121. The molecule has 0 unspecified atom stereocenters. The van der Waals surface area contributed by atoms with Gasteiger partial charge in [0.15, 0.2) is 0 Å². The molecule has 3 aliphatic rings. The molecule has 6 heterocycles. The molecule has 18 aromatic carbocycles. The molecule has 0 radical (unpaired) electrons. The maximum Gasteiger partial charge on any atom is 0.0830 e. The van der Waals surface area contributed by atoms with Crippen LogP contribution in [0.25, 0.3) is 166 Å². The molecule has 0 amide bonds. The van der Waals surface area contributed by atoms with E-state index in [4.69, 9.17) is 15.0 Å². The lowest BCUT2D eigenvalue weighted by Gasteiger charge is -2.33. The smallest absolute Gasteiger partial charge is 0.0830 e. The second-order valence-corrected chi connectivity index (χ2v) is 31.4. The molecule has 0 spiro atoms. The first-order valence-electron chi connectivity index (χ1n) is 41.9. The molecule has 0 aliphatic carbocycles. The molecule has 3 aliphatic heterocycles. The number of pyridine rings is 3. The third-order valence-electron chi connectivity index (χ3n) is 23.9. The molecule has 6 heteroatoms. The van der Waals surface area contributed by atoms with Gasteiger partial charge in [-0.1, -0.05) is 346 Å². The van der Waals surface area contributed by atoms with Gasteiger partial charge < -0.3 is 14.7 Å². The van der Waals surface area contributed by atoms with Gasteiger partial charge in [-0.15, -0.1) is 0 Å². The van der Waals surface area contributed by atoms with Crippen molar-refractivity contribution in [1.29, 1.82) is 0 Å². The molecular formula is C117H78N6. The number of benzene rings is 18. The van der Waals surface area contributed by atoms with Gasteiger partial charge in [0, 0.05) is 67.2 Å². The second kappa shape index (κ2) is 31.8. The Balaban J connectivity index is 0.000000110. The number of rotatable bonds is 12. The lowest BCUT2D eigenvalue weighted by molar-refractivity contribution is 1.25. The molecule has 24 rings (SSSR count). The molecule has 0 saturated carbocycles. The van der Waals surface area contributed by atoms with E-state index in [1.807, 2.05) is 18.3 Å². The standard InChI is InChI=1S/3C39H26N2/c1-3-12-27(13-4-1)29-16-9-17-30(24-29)31-18-10-20-33(25-31)41-36-22-8-7-21-34(36)39-38-32(19-11-23-37(38)41)26-35(40-39)28-14-5-2-6-15-28;1-3-12-27(13-4-1)29-16-9-17-30(24-29)31-18-10-19-32(25-31)41-37-22-8-7-20-33(37)34-26-36(28-14-5-2-6-15-28)40-35-21-11-23-38(41)39(34)35;1-3-11-27(12-4-1)29-15-9-16-30(23-29)31-17-10-18-33(24-31)41-37-20-8-7-19-34(37)35-25-32(28-13-5-2-6-14-28)26-36-39(35)38(41)21-22-40-36/h3*1-26H. The lowest BCUT2D eigenvalue weighted by atomic mass is 9.89. The van der Waals surface area contributed by atoms with Crippen LogP contribution < -0.4 is 14.7 Å². The Morgan fingerprint density at radius 3 is 0.927 bits per heavy atom. The van der Waals surface area contributed by atoms with Crippen LogP contribution in [0.5, 0.6) is 0 Å². The molecule has 21 aromatic rings. The van der Waals surface area contributed by atoms with Crippen molar-refractivity contribution in [2.45, 2.75) is 0 Å². The van der Waals surface area contributed by atoms with Crippen LogP contribution in [0.2, 0.25) is 0 Å². The minimum absolute atomic E-state index is 0.994. The van der Waals surface area contributed by atoms with Crippen LogP contribution >= 0.6 is 0 Å². The average molecular weight is 1570 g/mol. The molecular weight excluding hydrogens is 1490 g/mol. The highest BCUT2D eigenvalue weighted by molar-refractivity contribution is 6.17. The highest BCUT2D eigenvalue weighted by Gasteiger charge is 2.32. The molecule has 0 fully saturated rings. The van der Waals surface area contributed by atoms with E-state index >= 15 is 0 Å². The Morgan fingerprint density at radius 1 is 0.163 bits per heavy atom. The van der Waals surface area contributed by atoms with Crippen molar-refractivity contribution in [3.63, 3.8) is 0 Å². The third kappa shape index (κ3) is 13.8. The zero-order valence-corrected chi connectivity index (χ0v) is 67.2. The number of hydrogen-bond donors (Lipinski definition) is 0. The Bertz CT molecular complexity index is 6850. The van der Waals surface area contributed by atoms with E-state index in [0.29, 0.717) is 0 Å². The maximum absolute atomic E-state index is 5.25. The van der Waals surface area contributed by atoms with Crippen LogP contribution in [-0.4, -0.2) is 15.0 Å². The molecule has 0 atom stereocenters. The molecule has 0 saturated heterocycles. The van der Waals surface area contributed by atoms with E-state index in [1.54, 1.807) is 0 Å². The van der Waals surface area contributed by atoms with Gasteiger partial charge in [-0.2, -0.15) is 0 Å². The van der Waals surface area contributed by atoms with Crippen LogP contribution in [0.4, 0.5) is 51.2 Å². The number of anilines is 9. The zero-order chi connectivity index (χ0) is 81.5. The fourth-order valence-corrected chi connectivity index (χ4v) is 18.2. The zero-order valence-electron chi connectivity index (χ0n) is 67.2. The predicted molar refractivity (Wildman–Crippen MR) is 515 cm³/mol. The number of aromatic nitrogens is 3. The molecule has 0 N–H and O–H groups in total. The predicted octanol–water partition coefficient (Wildman–Crippen LogP) is 32.1. The van der Waals surface area contributed by atoms with Crippen molar-refractivity contribution in [3.8, 4) is 134 Å². The summed E-state index contributed by atoms with van der Waals surface area (Å²) < 4.78 is 0. The van der Waals surface area contributed by atoms with Crippen molar-refractivity contribution < 1.29 is 0 Å². The Hall–Kier alpha value is -16.4. The first-order valence-corrected chi connectivity index (χ1v) is 41.9. The van der Waals surface area contributed by atoms with Gasteiger partial charge in [0.1, 0.15) is 0 Å². The first kappa shape index (κ1) is 73.0. The average Bonchev–Trinajstić information content (AvgIpc) is 0.732. The number of hydrogen-bond acceptors (Lipinski definition) is 6. The summed E-state index contributed by atoms with van der Waals surface area (Å²) in [6.07, 6.45) is 1.93. The van der Waals surface area contributed by atoms with Crippen LogP contribution in [0.3, 0.4) is 0 Å². The molecule has 6 nitrogen and oxygen atoms in total. The highest BCUT2D eigenvalue weighted by Crippen LogP contribution is 2.56. The Morgan fingerprint density at radius 2 is 0.472 bits per heavy atom. The number of nitrogens with zero attached hydrogens (tertiary/aromatic N) is 6. The van der Waals surface area contributed by atoms with Crippen LogP contribution in [0.1, 0.15) is 0 Å². The summed E-state index contributed by atoms with van der Waals surface area (Å²) in [5.41, 5.74) is 40.5. The minimum atomic E-state index is 0.994. The van der Waals surface area contributed by atoms with Gasteiger partial charge in [0.05, 0.1) is 62.2 Å². The van der Waals surface area contributed by atoms with Gasteiger partial charge in [-0.05, 0) is 216 Å². The maximum atomic E-state index is 5.25. The number of para-hydroxylation sites is 3. The topological polar surface area (TPSA) is 48.4 Å². The monoisotopic (exact) mass is 1570 g/mol. The van der Waals surface area contributed by atoms with Crippen molar-refractivity contribution >= 4 is 83.8 Å². The summed E-state index contributed by atoms with van der Waals surface area (Å²) in [6, 6.07) is 166. The van der Waals surface area contributed by atoms with Crippen LogP contribution in [0, 0.1) is 0 Å². The molecule has 3 aromatic heterocycles. The summed E-state index contributed by atoms with van der Waals surface area (Å²) >= 11 is 0. The van der Waals surface area contributed by atoms with E-state index < -0.39 is 0 Å². The summed E-state index contributed by atoms with van der Waals surface area (Å²) in [5.74, 6) is 0. The van der Waals surface area contributed by atoms with Gasteiger partial charge in [0.2, 0.25) is 0 Å². The fourth-order valence-electron chi connectivity index (χ4n) is 18.2. The summed E-state index contributed by atoms with van der Waals surface area (Å²) in [5, 5.41) is 4.74. The Kier molecular flexibility index (Phi) is 18.9. The minimum Gasteiger partial charge on any atom is -0.309 e. The summed E-state index contributed by atoms with van der Waals surface area (Å²) in [4.78, 5) is 22.4. The largest absolute Gasteiger partial charge is 0.309 e.